The van der Waals surface area contributed by atoms with Crippen molar-refractivity contribution in [3.63, 3.8) is 0 Å². The summed E-state index contributed by atoms with van der Waals surface area (Å²) in [4.78, 5) is 12.5. The first-order chi connectivity index (χ1) is 10.1. The maximum absolute atomic E-state index is 12.5. The monoisotopic (exact) mass is 285 g/mol. The highest BCUT2D eigenvalue weighted by Crippen LogP contribution is 2.68. The number of Topliss-reactive ketones (excluding diaryl/α,β-unsaturated/α-hetero) is 1. The first kappa shape index (κ1) is 12.0. The lowest BCUT2D eigenvalue weighted by Gasteiger charge is -2.45. The number of carbonyl (C=O) groups is 1. The number of ether oxygens (including phenoxy) is 1. The van der Waals surface area contributed by atoms with Gasteiger partial charge in [-0.2, -0.15) is 0 Å². The second kappa shape index (κ2) is 3.43. The molecule has 3 aliphatic carbocycles. The summed E-state index contributed by atoms with van der Waals surface area (Å²) in [5.41, 5.74) is 8.61. The van der Waals surface area contributed by atoms with Gasteiger partial charge in [-0.05, 0) is 42.2 Å². The Bertz CT molecular complexity index is 685. The molecule has 6 atom stereocenters. The summed E-state index contributed by atoms with van der Waals surface area (Å²) in [6, 6.07) is 3.82. The van der Waals surface area contributed by atoms with Crippen LogP contribution in [0.25, 0.3) is 0 Å². The Morgan fingerprint density at radius 2 is 2.24 bits per heavy atom. The topological polar surface area (TPSA) is 72.5 Å². The lowest BCUT2D eigenvalue weighted by Crippen LogP contribution is -2.55. The lowest BCUT2D eigenvalue weighted by molar-refractivity contribution is -0.133. The van der Waals surface area contributed by atoms with E-state index in [-0.39, 0.29) is 23.0 Å². The molecule has 1 aromatic rings. The fourth-order valence-electron chi connectivity index (χ4n) is 5.97. The molecule has 3 N–H and O–H groups in total. The van der Waals surface area contributed by atoms with Crippen molar-refractivity contribution in [1.29, 1.82) is 0 Å². The van der Waals surface area contributed by atoms with Crippen LogP contribution in [0.3, 0.4) is 0 Å². The quantitative estimate of drug-likeness (QED) is 0.758. The van der Waals surface area contributed by atoms with E-state index >= 15 is 0 Å². The molecular weight excluding hydrogens is 266 g/mol. The minimum atomic E-state index is -0.440. The first-order valence-corrected chi connectivity index (χ1v) is 7.87. The van der Waals surface area contributed by atoms with E-state index in [0.717, 1.165) is 18.4 Å². The van der Waals surface area contributed by atoms with E-state index in [4.69, 9.17) is 10.5 Å². The van der Waals surface area contributed by atoms with Crippen LogP contribution in [-0.2, 0) is 16.6 Å². The molecule has 5 rings (SSSR count). The van der Waals surface area contributed by atoms with E-state index in [2.05, 4.69) is 6.92 Å². The molecule has 4 heteroatoms. The zero-order valence-corrected chi connectivity index (χ0v) is 12.0. The summed E-state index contributed by atoms with van der Waals surface area (Å²) in [7, 11) is 0. The van der Waals surface area contributed by atoms with E-state index in [9.17, 15) is 9.90 Å². The van der Waals surface area contributed by atoms with E-state index in [1.165, 1.54) is 5.56 Å². The Morgan fingerprint density at radius 3 is 3.05 bits per heavy atom. The predicted molar refractivity (Wildman–Crippen MR) is 76.3 cm³/mol. The van der Waals surface area contributed by atoms with Crippen molar-refractivity contribution in [3.05, 3.63) is 23.3 Å². The van der Waals surface area contributed by atoms with Crippen molar-refractivity contribution in [2.45, 2.75) is 43.7 Å². The van der Waals surface area contributed by atoms with Gasteiger partial charge in [0, 0.05) is 18.0 Å². The highest BCUT2D eigenvalue weighted by Gasteiger charge is 2.71. The maximum atomic E-state index is 12.5. The second-order valence-corrected chi connectivity index (χ2v) is 7.22. The molecule has 0 radical (unpaired) electrons. The SMILES string of the molecule is CC1C2Cc3ccc(O)c4c3[C@@]13C(O4)C(=O)CCC3C2N. The minimum Gasteiger partial charge on any atom is -0.504 e. The molecule has 4 nitrogen and oxygen atoms in total. The summed E-state index contributed by atoms with van der Waals surface area (Å²) in [5, 5.41) is 10.2. The number of hydrogen-bond donors (Lipinski definition) is 2. The van der Waals surface area contributed by atoms with Crippen molar-refractivity contribution in [3.8, 4) is 11.5 Å². The Balaban J connectivity index is 1.89. The molecule has 5 unspecified atom stereocenters. The fourth-order valence-corrected chi connectivity index (χ4v) is 5.97. The third-order valence-corrected chi connectivity index (χ3v) is 6.74. The van der Waals surface area contributed by atoms with Crippen LogP contribution in [0, 0.1) is 17.8 Å². The molecule has 4 aliphatic rings. The molecule has 2 bridgehead atoms. The van der Waals surface area contributed by atoms with Gasteiger partial charge in [0.25, 0.3) is 0 Å². The van der Waals surface area contributed by atoms with E-state index in [1.807, 2.05) is 6.07 Å². The molecule has 0 amide bonds. The van der Waals surface area contributed by atoms with Gasteiger partial charge in [-0.25, -0.2) is 0 Å². The summed E-state index contributed by atoms with van der Waals surface area (Å²) in [6.45, 7) is 2.22. The molecule has 1 spiro atoms. The molecule has 2 saturated carbocycles. The Hall–Kier alpha value is -1.55. The molecular formula is C17H19NO3. The van der Waals surface area contributed by atoms with Crippen LogP contribution in [0.4, 0.5) is 0 Å². The zero-order chi connectivity index (χ0) is 14.5. The van der Waals surface area contributed by atoms with Crippen LogP contribution in [0.5, 0.6) is 11.5 Å². The number of aromatic hydroxyl groups is 1. The molecule has 1 aliphatic heterocycles. The van der Waals surface area contributed by atoms with Gasteiger partial charge in [-0.15, -0.1) is 0 Å². The van der Waals surface area contributed by atoms with E-state index < -0.39 is 6.10 Å². The smallest absolute Gasteiger partial charge is 0.174 e. The second-order valence-electron chi connectivity index (χ2n) is 7.22. The summed E-state index contributed by atoms with van der Waals surface area (Å²) in [5.74, 6) is 1.93. The van der Waals surface area contributed by atoms with Crippen LogP contribution < -0.4 is 10.5 Å². The first-order valence-electron chi connectivity index (χ1n) is 7.87. The van der Waals surface area contributed by atoms with Crippen LogP contribution in [0.1, 0.15) is 30.9 Å². The largest absolute Gasteiger partial charge is 0.504 e. The molecule has 0 saturated heterocycles. The summed E-state index contributed by atoms with van der Waals surface area (Å²) in [6.07, 6.45) is 1.90. The Labute approximate surface area is 123 Å². The normalized spacial score (nSPS) is 45.4. The van der Waals surface area contributed by atoms with Gasteiger partial charge in [0.1, 0.15) is 0 Å². The third kappa shape index (κ3) is 1.07. The van der Waals surface area contributed by atoms with Gasteiger partial charge >= 0.3 is 0 Å². The molecule has 1 aromatic carbocycles. The van der Waals surface area contributed by atoms with Crippen molar-refractivity contribution >= 4 is 5.78 Å². The summed E-state index contributed by atoms with van der Waals surface area (Å²) >= 11 is 0. The van der Waals surface area contributed by atoms with Crippen molar-refractivity contribution in [2.24, 2.45) is 23.5 Å². The molecule has 2 fully saturated rings. The Morgan fingerprint density at radius 1 is 1.43 bits per heavy atom. The van der Waals surface area contributed by atoms with Gasteiger partial charge < -0.3 is 15.6 Å². The highest BCUT2D eigenvalue weighted by molar-refractivity contribution is 5.89. The van der Waals surface area contributed by atoms with Gasteiger partial charge in [-0.3, -0.25) is 4.79 Å². The number of rotatable bonds is 0. The molecule has 1 heterocycles. The van der Waals surface area contributed by atoms with Crippen molar-refractivity contribution < 1.29 is 14.6 Å². The van der Waals surface area contributed by atoms with E-state index in [0.29, 0.717) is 29.9 Å². The average Bonchev–Trinajstić information content (AvgIpc) is 2.89. The van der Waals surface area contributed by atoms with Crippen molar-refractivity contribution in [2.75, 3.05) is 0 Å². The fraction of sp³-hybridized carbons (Fsp3) is 0.588. The number of carbonyl (C=O) groups excluding carboxylic acids is 1. The number of ketones is 1. The third-order valence-electron chi connectivity index (χ3n) is 6.74. The van der Waals surface area contributed by atoms with Crippen LogP contribution in [0.15, 0.2) is 12.1 Å². The number of phenolic OH excluding ortho intramolecular Hbond substituents is 1. The molecule has 0 aromatic heterocycles. The summed E-state index contributed by atoms with van der Waals surface area (Å²) < 4.78 is 6.03. The standard InChI is InChI=1S/C17H19NO3/c1-7-9-6-8-2-4-11(19)15-13(8)17(7)10(14(9)18)3-5-12(20)16(17)21-15/h2,4,7,9-10,14,16,19H,3,5-6,18H2,1H3/t7?,9?,10?,14?,16?,17-/m1/s1. The molecule has 110 valence electrons. The Kier molecular flexibility index (Phi) is 1.97. The zero-order valence-electron chi connectivity index (χ0n) is 12.0. The maximum Gasteiger partial charge on any atom is 0.174 e. The van der Waals surface area contributed by atoms with Crippen molar-refractivity contribution in [1.82, 2.24) is 0 Å². The number of nitrogens with two attached hydrogens (primary N) is 1. The number of benzene rings is 1. The number of hydrogen-bond acceptors (Lipinski definition) is 4. The molecule has 21 heavy (non-hydrogen) atoms. The van der Waals surface area contributed by atoms with Crippen LogP contribution in [0.2, 0.25) is 0 Å². The van der Waals surface area contributed by atoms with Gasteiger partial charge in [0.05, 0.1) is 5.41 Å². The highest BCUT2D eigenvalue weighted by atomic mass is 16.5. The van der Waals surface area contributed by atoms with Gasteiger partial charge in [0.15, 0.2) is 23.4 Å². The lowest BCUT2D eigenvalue weighted by atomic mass is 9.56. The number of fused-ring (bicyclic) bond motifs is 1. The van der Waals surface area contributed by atoms with Gasteiger partial charge in [-0.1, -0.05) is 13.0 Å². The predicted octanol–water partition coefficient (Wildman–Crippen LogP) is 1.52. The van der Waals surface area contributed by atoms with Crippen LogP contribution >= 0.6 is 0 Å². The van der Waals surface area contributed by atoms with Gasteiger partial charge in [0.2, 0.25) is 0 Å². The number of phenols is 1. The minimum absolute atomic E-state index is 0.125. The van der Waals surface area contributed by atoms with E-state index in [1.54, 1.807) is 6.07 Å². The van der Waals surface area contributed by atoms with Crippen LogP contribution in [-0.4, -0.2) is 23.0 Å². The average molecular weight is 285 g/mol.